The number of hydrazine groups is 1. The van der Waals surface area contributed by atoms with Gasteiger partial charge in [-0.05, 0) is 86.0 Å². The molecule has 4 fully saturated rings. The maximum absolute atomic E-state index is 12.5. The van der Waals surface area contributed by atoms with Gasteiger partial charge in [0.05, 0.1) is 0 Å². The molecule has 3 amide bonds. The first-order valence-corrected chi connectivity index (χ1v) is 9.88. The van der Waals surface area contributed by atoms with Gasteiger partial charge in [0.1, 0.15) is 0 Å². The van der Waals surface area contributed by atoms with E-state index in [-0.39, 0.29) is 23.1 Å². The predicted octanol–water partition coefficient (Wildman–Crippen LogP) is 3.01. The van der Waals surface area contributed by atoms with Crippen LogP contribution < -0.4 is 16.2 Å². The third-order valence-corrected chi connectivity index (χ3v) is 6.48. The molecule has 1 aromatic carbocycles. The number of amides is 3. The first kappa shape index (κ1) is 18.0. The Labute approximate surface area is 159 Å². The molecule has 5 rings (SSSR count). The Hall–Kier alpha value is -2.37. The molecule has 0 aliphatic heterocycles. The van der Waals surface area contributed by atoms with E-state index >= 15 is 0 Å². The molecule has 0 atom stereocenters. The summed E-state index contributed by atoms with van der Waals surface area (Å²) < 4.78 is 0. The second-order valence-corrected chi connectivity index (χ2v) is 8.86. The standard InChI is InChI=1S/C21H27N3O3/c1-13(25)22-18-4-2-17(3-5-18)20(27)24-23-19(26)12-21-9-14-6-15(10-21)8-16(7-14)11-21/h2-5,14-16H,6-12H2,1H3,(H,22,25)(H,23,26)(H,24,27). The van der Waals surface area contributed by atoms with E-state index in [1.165, 1.54) is 45.4 Å². The van der Waals surface area contributed by atoms with Crippen LogP contribution in [0.2, 0.25) is 0 Å². The fraction of sp³-hybridized carbons (Fsp3) is 0.571. The lowest BCUT2D eigenvalue weighted by atomic mass is 9.49. The van der Waals surface area contributed by atoms with Crippen molar-refractivity contribution in [1.29, 1.82) is 0 Å². The molecule has 144 valence electrons. The summed E-state index contributed by atoms with van der Waals surface area (Å²) >= 11 is 0. The number of hydrogen-bond donors (Lipinski definition) is 3. The smallest absolute Gasteiger partial charge is 0.269 e. The summed E-state index contributed by atoms with van der Waals surface area (Å²) in [6.07, 6.45) is 8.09. The molecule has 0 unspecified atom stereocenters. The van der Waals surface area contributed by atoms with Crippen LogP contribution >= 0.6 is 0 Å². The molecular formula is C21H27N3O3. The lowest BCUT2D eigenvalue weighted by Crippen LogP contribution is -2.50. The maximum atomic E-state index is 12.5. The highest BCUT2D eigenvalue weighted by molar-refractivity contribution is 5.96. The molecule has 3 N–H and O–H groups in total. The Bertz CT molecular complexity index is 721. The number of carbonyl (C=O) groups excluding carboxylic acids is 3. The van der Waals surface area contributed by atoms with Gasteiger partial charge in [-0.3, -0.25) is 25.2 Å². The Morgan fingerprint density at radius 2 is 1.48 bits per heavy atom. The van der Waals surface area contributed by atoms with Gasteiger partial charge in [-0.1, -0.05) is 0 Å². The van der Waals surface area contributed by atoms with Gasteiger partial charge in [-0.15, -0.1) is 0 Å². The minimum atomic E-state index is -0.358. The van der Waals surface area contributed by atoms with Crippen LogP contribution in [0, 0.1) is 23.2 Å². The van der Waals surface area contributed by atoms with Crippen molar-refractivity contribution in [3.05, 3.63) is 29.8 Å². The molecule has 27 heavy (non-hydrogen) atoms. The van der Waals surface area contributed by atoms with Gasteiger partial charge in [-0.2, -0.15) is 0 Å². The second kappa shape index (κ2) is 6.98. The quantitative estimate of drug-likeness (QED) is 0.713. The highest BCUT2D eigenvalue weighted by atomic mass is 16.2. The van der Waals surface area contributed by atoms with Crippen molar-refractivity contribution in [1.82, 2.24) is 10.9 Å². The zero-order valence-electron chi connectivity index (χ0n) is 15.7. The Morgan fingerprint density at radius 1 is 0.926 bits per heavy atom. The Balaban J connectivity index is 1.29. The fourth-order valence-electron chi connectivity index (χ4n) is 6.00. The lowest BCUT2D eigenvalue weighted by molar-refractivity contribution is -0.130. The topological polar surface area (TPSA) is 87.3 Å². The number of hydrogen-bond acceptors (Lipinski definition) is 3. The number of rotatable bonds is 4. The van der Waals surface area contributed by atoms with Crippen molar-refractivity contribution in [3.63, 3.8) is 0 Å². The van der Waals surface area contributed by atoms with E-state index in [9.17, 15) is 14.4 Å². The Kier molecular flexibility index (Phi) is 4.66. The summed E-state index contributed by atoms with van der Waals surface area (Å²) in [7, 11) is 0. The average molecular weight is 369 g/mol. The van der Waals surface area contributed by atoms with Crippen LogP contribution in [-0.2, 0) is 9.59 Å². The molecule has 1 aromatic rings. The van der Waals surface area contributed by atoms with Crippen LogP contribution in [0.3, 0.4) is 0 Å². The molecule has 0 aromatic heterocycles. The highest BCUT2D eigenvalue weighted by Gasteiger charge is 2.51. The summed E-state index contributed by atoms with van der Waals surface area (Å²) in [4.78, 5) is 35.7. The number of nitrogens with one attached hydrogen (secondary N) is 3. The van der Waals surface area contributed by atoms with Crippen molar-refractivity contribution >= 4 is 23.4 Å². The molecule has 4 aliphatic carbocycles. The minimum Gasteiger partial charge on any atom is -0.326 e. The second-order valence-electron chi connectivity index (χ2n) is 8.86. The monoisotopic (exact) mass is 369 g/mol. The van der Waals surface area contributed by atoms with Gasteiger partial charge in [-0.25, -0.2) is 0 Å². The van der Waals surface area contributed by atoms with Crippen LogP contribution in [-0.4, -0.2) is 17.7 Å². The summed E-state index contributed by atoms with van der Waals surface area (Å²) in [5, 5.41) is 2.65. The molecule has 0 heterocycles. The van der Waals surface area contributed by atoms with E-state index in [1.807, 2.05) is 0 Å². The van der Waals surface area contributed by atoms with Crippen molar-refractivity contribution in [2.45, 2.75) is 51.9 Å². The molecule has 4 saturated carbocycles. The zero-order valence-corrected chi connectivity index (χ0v) is 15.7. The molecule has 0 spiro atoms. The SMILES string of the molecule is CC(=O)Nc1ccc(C(=O)NNC(=O)CC23CC4CC(CC(C4)C2)C3)cc1. The molecule has 6 heteroatoms. The van der Waals surface area contributed by atoms with E-state index < -0.39 is 0 Å². The van der Waals surface area contributed by atoms with Gasteiger partial charge >= 0.3 is 0 Å². The molecular weight excluding hydrogens is 342 g/mol. The van der Waals surface area contributed by atoms with E-state index in [0.717, 1.165) is 17.8 Å². The van der Waals surface area contributed by atoms with Gasteiger partial charge in [0, 0.05) is 24.6 Å². The summed E-state index contributed by atoms with van der Waals surface area (Å²) in [6.45, 7) is 1.43. The van der Waals surface area contributed by atoms with E-state index in [4.69, 9.17) is 0 Å². The third kappa shape index (κ3) is 3.99. The maximum Gasteiger partial charge on any atom is 0.269 e. The number of carbonyl (C=O) groups is 3. The molecule has 4 bridgehead atoms. The van der Waals surface area contributed by atoms with E-state index in [0.29, 0.717) is 17.7 Å². The number of benzene rings is 1. The molecule has 6 nitrogen and oxygen atoms in total. The first-order chi connectivity index (χ1) is 12.9. The third-order valence-electron chi connectivity index (χ3n) is 6.48. The summed E-state index contributed by atoms with van der Waals surface area (Å²) in [6, 6.07) is 6.55. The fourth-order valence-corrected chi connectivity index (χ4v) is 6.00. The lowest BCUT2D eigenvalue weighted by Gasteiger charge is -2.56. The van der Waals surface area contributed by atoms with E-state index in [1.54, 1.807) is 24.3 Å². The predicted molar refractivity (Wildman–Crippen MR) is 102 cm³/mol. The van der Waals surface area contributed by atoms with Gasteiger partial charge in [0.25, 0.3) is 5.91 Å². The van der Waals surface area contributed by atoms with Crippen LogP contribution in [0.1, 0.15) is 62.2 Å². The molecule has 0 radical (unpaired) electrons. The molecule has 4 aliphatic rings. The largest absolute Gasteiger partial charge is 0.326 e. The highest BCUT2D eigenvalue weighted by Crippen LogP contribution is 2.61. The van der Waals surface area contributed by atoms with Crippen molar-refractivity contribution < 1.29 is 14.4 Å². The number of anilines is 1. The van der Waals surface area contributed by atoms with Gasteiger partial charge in [0.2, 0.25) is 11.8 Å². The van der Waals surface area contributed by atoms with Crippen LogP contribution in [0.25, 0.3) is 0 Å². The van der Waals surface area contributed by atoms with Crippen molar-refractivity contribution in [3.8, 4) is 0 Å². The average Bonchev–Trinajstić information content (AvgIpc) is 2.58. The van der Waals surface area contributed by atoms with E-state index in [2.05, 4.69) is 16.2 Å². The summed E-state index contributed by atoms with van der Waals surface area (Å²) in [5.41, 5.74) is 6.33. The normalized spacial score (nSPS) is 30.6. The zero-order chi connectivity index (χ0) is 19.0. The minimum absolute atomic E-state index is 0.0971. The van der Waals surface area contributed by atoms with Crippen LogP contribution in [0.4, 0.5) is 5.69 Å². The van der Waals surface area contributed by atoms with Crippen LogP contribution in [0.15, 0.2) is 24.3 Å². The van der Waals surface area contributed by atoms with Gasteiger partial charge < -0.3 is 5.32 Å². The van der Waals surface area contributed by atoms with Crippen molar-refractivity contribution in [2.24, 2.45) is 23.2 Å². The molecule has 0 saturated heterocycles. The van der Waals surface area contributed by atoms with Crippen molar-refractivity contribution in [2.75, 3.05) is 5.32 Å². The summed E-state index contributed by atoms with van der Waals surface area (Å²) in [5.74, 6) is 1.80. The van der Waals surface area contributed by atoms with Crippen LogP contribution in [0.5, 0.6) is 0 Å². The van der Waals surface area contributed by atoms with Gasteiger partial charge in [0.15, 0.2) is 0 Å². The first-order valence-electron chi connectivity index (χ1n) is 9.88. The Morgan fingerprint density at radius 3 is 2.00 bits per heavy atom.